The molecule has 1 aliphatic carbocycles. The molecule has 52 valence electrons. The molecule has 1 rings (SSSR count). The van der Waals surface area contributed by atoms with Gasteiger partial charge in [-0.25, -0.2) is 0 Å². The lowest BCUT2D eigenvalue weighted by Gasteiger charge is -2.13. The summed E-state index contributed by atoms with van der Waals surface area (Å²) in [5, 5.41) is 0. The quantitative estimate of drug-likeness (QED) is 0.392. The van der Waals surface area contributed by atoms with Gasteiger partial charge >= 0.3 is 0 Å². The van der Waals surface area contributed by atoms with Gasteiger partial charge in [0.15, 0.2) is 0 Å². The molecule has 0 aromatic carbocycles. The predicted molar refractivity (Wildman–Crippen MR) is 41.9 cm³/mol. The summed E-state index contributed by atoms with van der Waals surface area (Å²) in [6, 6.07) is 0. The molecule has 0 radical (unpaired) electrons. The van der Waals surface area contributed by atoms with Crippen LogP contribution in [0, 0.1) is 0 Å². The van der Waals surface area contributed by atoms with E-state index < -0.39 is 0 Å². The van der Waals surface area contributed by atoms with E-state index in [1.165, 1.54) is 25.7 Å². The number of halogens is 1. The van der Waals surface area contributed by atoms with Crippen LogP contribution in [0.25, 0.3) is 0 Å². The van der Waals surface area contributed by atoms with Crippen molar-refractivity contribution in [3.05, 3.63) is 12.2 Å². The Morgan fingerprint density at radius 1 is 1.33 bits per heavy atom. The third-order valence-electron chi connectivity index (χ3n) is 1.90. The van der Waals surface area contributed by atoms with Crippen LogP contribution in [0.1, 0.15) is 32.6 Å². The lowest BCUT2D eigenvalue weighted by molar-refractivity contribution is 0.731. The topological polar surface area (TPSA) is 0 Å². The molecule has 0 nitrogen and oxygen atoms in total. The van der Waals surface area contributed by atoms with Crippen LogP contribution in [0.3, 0.4) is 0 Å². The SMILES string of the molecule is C/C=C/C1(Cl)CCCC1. The first-order valence-corrected chi connectivity index (χ1v) is 3.97. The molecule has 0 heterocycles. The number of rotatable bonds is 1. The van der Waals surface area contributed by atoms with Crippen LogP contribution in [0.5, 0.6) is 0 Å². The summed E-state index contributed by atoms with van der Waals surface area (Å²) in [5.74, 6) is 0. The molecular formula is C8H13Cl. The minimum atomic E-state index is 0.0365. The monoisotopic (exact) mass is 144 g/mol. The fourth-order valence-electron chi connectivity index (χ4n) is 1.43. The van der Waals surface area contributed by atoms with E-state index in [-0.39, 0.29) is 4.87 Å². The van der Waals surface area contributed by atoms with Crippen molar-refractivity contribution >= 4 is 11.6 Å². The Labute approximate surface area is 61.9 Å². The normalized spacial score (nSPS) is 25.6. The Bertz CT molecular complexity index is 110. The van der Waals surface area contributed by atoms with Crippen molar-refractivity contribution < 1.29 is 0 Å². The van der Waals surface area contributed by atoms with Gasteiger partial charge in [-0.2, -0.15) is 0 Å². The van der Waals surface area contributed by atoms with Gasteiger partial charge in [0.25, 0.3) is 0 Å². The highest BCUT2D eigenvalue weighted by molar-refractivity contribution is 6.25. The van der Waals surface area contributed by atoms with Crippen LogP contribution >= 0.6 is 11.6 Å². The van der Waals surface area contributed by atoms with Crippen LogP contribution in [0.2, 0.25) is 0 Å². The molecule has 0 aromatic rings. The van der Waals surface area contributed by atoms with Gasteiger partial charge in [-0.15, -0.1) is 11.6 Å². The van der Waals surface area contributed by atoms with Gasteiger partial charge in [0.05, 0.1) is 4.87 Å². The zero-order valence-corrected chi connectivity index (χ0v) is 6.62. The van der Waals surface area contributed by atoms with Crippen LogP contribution in [-0.2, 0) is 0 Å². The average molecular weight is 145 g/mol. The van der Waals surface area contributed by atoms with E-state index in [1.807, 2.05) is 6.92 Å². The molecule has 9 heavy (non-hydrogen) atoms. The summed E-state index contributed by atoms with van der Waals surface area (Å²) in [7, 11) is 0. The largest absolute Gasteiger partial charge is 0.115 e. The summed E-state index contributed by atoms with van der Waals surface area (Å²) in [5.41, 5.74) is 0. The molecule has 0 spiro atoms. The van der Waals surface area contributed by atoms with E-state index in [1.54, 1.807) is 0 Å². The maximum absolute atomic E-state index is 6.18. The first-order valence-electron chi connectivity index (χ1n) is 3.60. The third kappa shape index (κ3) is 1.72. The first kappa shape index (κ1) is 7.14. The Hall–Kier alpha value is 0.0300. The maximum atomic E-state index is 6.18. The summed E-state index contributed by atoms with van der Waals surface area (Å²) in [4.78, 5) is 0.0365. The molecule has 0 amide bonds. The number of hydrogen-bond donors (Lipinski definition) is 0. The van der Waals surface area contributed by atoms with E-state index in [9.17, 15) is 0 Å². The van der Waals surface area contributed by atoms with Crippen molar-refractivity contribution in [2.24, 2.45) is 0 Å². The molecular weight excluding hydrogens is 132 g/mol. The molecule has 0 saturated heterocycles. The van der Waals surface area contributed by atoms with Gasteiger partial charge in [0, 0.05) is 0 Å². The van der Waals surface area contributed by atoms with Gasteiger partial charge in [-0.1, -0.05) is 25.0 Å². The van der Waals surface area contributed by atoms with E-state index in [0.29, 0.717) is 0 Å². The van der Waals surface area contributed by atoms with E-state index in [0.717, 1.165) is 0 Å². The minimum absolute atomic E-state index is 0.0365. The van der Waals surface area contributed by atoms with Crippen molar-refractivity contribution in [3.8, 4) is 0 Å². The summed E-state index contributed by atoms with van der Waals surface area (Å²) in [6.45, 7) is 2.03. The lowest BCUT2D eigenvalue weighted by Crippen LogP contribution is -2.10. The van der Waals surface area contributed by atoms with E-state index >= 15 is 0 Å². The number of allylic oxidation sites excluding steroid dienone is 2. The average Bonchev–Trinajstić information content (AvgIpc) is 2.16. The standard InChI is InChI=1S/C8H13Cl/c1-2-5-8(9)6-3-4-7-8/h2,5H,3-4,6-7H2,1H3/b5-2+. The summed E-state index contributed by atoms with van der Waals surface area (Å²) in [6.07, 6.45) is 9.11. The zero-order valence-electron chi connectivity index (χ0n) is 5.86. The molecule has 1 aliphatic rings. The van der Waals surface area contributed by atoms with Crippen molar-refractivity contribution in [1.82, 2.24) is 0 Å². The van der Waals surface area contributed by atoms with E-state index in [4.69, 9.17) is 11.6 Å². The molecule has 1 fully saturated rings. The Kier molecular flexibility index (Phi) is 2.18. The molecule has 0 aromatic heterocycles. The Morgan fingerprint density at radius 2 is 1.89 bits per heavy atom. The molecule has 0 atom stereocenters. The second-order valence-electron chi connectivity index (χ2n) is 2.74. The van der Waals surface area contributed by atoms with Crippen molar-refractivity contribution in [3.63, 3.8) is 0 Å². The second-order valence-corrected chi connectivity index (χ2v) is 3.49. The lowest BCUT2D eigenvalue weighted by atomic mass is 10.1. The third-order valence-corrected chi connectivity index (χ3v) is 2.40. The minimum Gasteiger partial charge on any atom is -0.115 e. The van der Waals surface area contributed by atoms with Gasteiger partial charge < -0.3 is 0 Å². The highest BCUT2D eigenvalue weighted by Gasteiger charge is 2.27. The van der Waals surface area contributed by atoms with Crippen LogP contribution in [-0.4, -0.2) is 4.87 Å². The first-order chi connectivity index (χ1) is 4.27. The summed E-state index contributed by atoms with van der Waals surface area (Å²) < 4.78 is 0. The summed E-state index contributed by atoms with van der Waals surface area (Å²) >= 11 is 6.18. The molecule has 0 aliphatic heterocycles. The predicted octanol–water partition coefficient (Wildman–Crippen LogP) is 3.11. The maximum Gasteiger partial charge on any atom is 0.0625 e. The fourth-order valence-corrected chi connectivity index (χ4v) is 1.82. The molecule has 0 unspecified atom stereocenters. The van der Waals surface area contributed by atoms with Gasteiger partial charge in [0.2, 0.25) is 0 Å². The smallest absolute Gasteiger partial charge is 0.0625 e. The second kappa shape index (κ2) is 2.74. The van der Waals surface area contributed by atoms with Gasteiger partial charge in [-0.3, -0.25) is 0 Å². The van der Waals surface area contributed by atoms with E-state index in [2.05, 4.69) is 12.2 Å². The van der Waals surface area contributed by atoms with Crippen LogP contribution in [0.15, 0.2) is 12.2 Å². The van der Waals surface area contributed by atoms with Gasteiger partial charge in [-0.05, 0) is 19.8 Å². The molecule has 0 N–H and O–H groups in total. The molecule has 1 heteroatoms. The Morgan fingerprint density at radius 3 is 2.33 bits per heavy atom. The fraction of sp³-hybridized carbons (Fsp3) is 0.750. The number of alkyl halides is 1. The highest BCUT2D eigenvalue weighted by Crippen LogP contribution is 2.36. The zero-order chi connectivity index (χ0) is 6.74. The Balaban J connectivity index is 2.51. The van der Waals surface area contributed by atoms with Crippen LogP contribution < -0.4 is 0 Å². The molecule has 0 bridgehead atoms. The highest BCUT2D eigenvalue weighted by atomic mass is 35.5. The van der Waals surface area contributed by atoms with Crippen molar-refractivity contribution in [2.45, 2.75) is 37.5 Å². The van der Waals surface area contributed by atoms with Crippen molar-refractivity contribution in [2.75, 3.05) is 0 Å². The number of hydrogen-bond acceptors (Lipinski definition) is 0. The molecule has 1 saturated carbocycles. The van der Waals surface area contributed by atoms with Crippen molar-refractivity contribution in [1.29, 1.82) is 0 Å². The van der Waals surface area contributed by atoms with Crippen LogP contribution in [0.4, 0.5) is 0 Å². The van der Waals surface area contributed by atoms with Gasteiger partial charge in [0.1, 0.15) is 0 Å².